The Bertz CT molecular complexity index is 764. The predicted molar refractivity (Wildman–Crippen MR) is 103 cm³/mol. The van der Waals surface area contributed by atoms with Crippen LogP contribution >= 0.6 is 7.82 Å². The molecule has 3 aliphatic rings. The zero-order valence-electron chi connectivity index (χ0n) is 16.6. The number of hydrogen-bond acceptors (Lipinski definition) is 8. The van der Waals surface area contributed by atoms with Crippen LogP contribution in [0.2, 0.25) is 0 Å². The quantitative estimate of drug-likeness (QED) is 0.525. The van der Waals surface area contributed by atoms with E-state index in [0.29, 0.717) is 13.2 Å². The van der Waals surface area contributed by atoms with Gasteiger partial charge in [0, 0.05) is 12.8 Å². The van der Waals surface area contributed by atoms with Crippen molar-refractivity contribution in [1.82, 2.24) is 0 Å². The van der Waals surface area contributed by atoms with Crippen LogP contribution in [0.4, 0.5) is 0 Å². The molecular formula is C20H27O8P. The summed E-state index contributed by atoms with van der Waals surface area (Å²) in [5.41, 5.74) is -0.346. The first-order valence-electron chi connectivity index (χ1n) is 10.1. The van der Waals surface area contributed by atoms with Gasteiger partial charge in [-0.25, -0.2) is 9.36 Å². The van der Waals surface area contributed by atoms with Gasteiger partial charge in [-0.3, -0.25) is 9.05 Å². The van der Waals surface area contributed by atoms with E-state index in [9.17, 15) is 9.36 Å². The lowest BCUT2D eigenvalue weighted by atomic mass is 9.88. The third kappa shape index (κ3) is 4.52. The minimum Gasteiger partial charge on any atom is -0.462 e. The number of benzene rings is 1. The standard InChI is InChI=1S/C20H27O8P/c1-2-23-18(21)16-8-4-5-9-17(16)28-29(22)26-14-19(15-27-29)12-24-20(25-13-19)10-6-3-7-11-20/h4-5,8-9H,2-3,6-7,10-15H2,1H3. The molecule has 2 saturated heterocycles. The average molecular weight is 426 g/mol. The Morgan fingerprint density at radius 1 is 1.03 bits per heavy atom. The van der Waals surface area contributed by atoms with E-state index in [2.05, 4.69) is 0 Å². The van der Waals surface area contributed by atoms with Crippen molar-refractivity contribution in [3.05, 3.63) is 29.8 Å². The maximum atomic E-state index is 13.0. The van der Waals surface area contributed by atoms with Crippen LogP contribution in [0.3, 0.4) is 0 Å². The third-order valence-electron chi connectivity index (χ3n) is 5.55. The number of rotatable bonds is 4. The van der Waals surface area contributed by atoms with Gasteiger partial charge in [0.2, 0.25) is 0 Å². The smallest absolute Gasteiger partial charge is 0.462 e. The normalized spacial score (nSPS) is 24.9. The summed E-state index contributed by atoms with van der Waals surface area (Å²) in [4.78, 5) is 12.1. The predicted octanol–water partition coefficient (Wildman–Crippen LogP) is 4.09. The summed E-state index contributed by atoms with van der Waals surface area (Å²) >= 11 is 0. The number of carbonyl (C=O) groups excluding carboxylic acids is 1. The maximum Gasteiger partial charge on any atom is 0.530 e. The number of esters is 1. The van der Waals surface area contributed by atoms with Gasteiger partial charge < -0.3 is 18.7 Å². The fourth-order valence-corrected chi connectivity index (χ4v) is 5.25. The van der Waals surface area contributed by atoms with Crippen LogP contribution in [0, 0.1) is 5.41 Å². The molecule has 2 aliphatic heterocycles. The van der Waals surface area contributed by atoms with Crippen LogP contribution in [-0.4, -0.2) is 44.8 Å². The van der Waals surface area contributed by atoms with Crippen molar-refractivity contribution in [1.29, 1.82) is 0 Å². The molecular weight excluding hydrogens is 399 g/mol. The van der Waals surface area contributed by atoms with E-state index < -0.39 is 25.0 Å². The molecule has 0 amide bonds. The molecule has 29 heavy (non-hydrogen) atoms. The number of hydrogen-bond donors (Lipinski definition) is 0. The maximum absolute atomic E-state index is 13.0. The number of carbonyl (C=O) groups is 1. The molecule has 1 saturated carbocycles. The molecule has 1 aromatic carbocycles. The van der Waals surface area contributed by atoms with Gasteiger partial charge in [-0.05, 0) is 31.9 Å². The van der Waals surface area contributed by atoms with Gasteiger partial charge >= 0.3 is 13.8 Å². The van der Waals surface area contributed by atoms with Gasteiger partial charge in [0.25, 0.3) is 0 Å². The number of para-hydroxylation sites is 1. The van der Waals surface area contributed by atoms with Crippen LogP contribution < -0.4 is 4.52 Å². The second-order valence-corrected chi connectivity index (χ2v) is 9.44. The van der Waals surface area contributed by atoms with Crippen molar-refractivity contribution in [2.45, 2.75) is 44.8 Å². The van der Waals surface area contributed by atoms with Crippen LogP contribution in [-0.2, 0) is 27.8 Å². The van der Waals surface area contributed by atoms with E-state index in [1.165, 1.54) is 18.6 Å². The summed E-state index contributed by atoms with van der Waals surface area (Å²) in [6, 6.07) is 6.41. The zero-order chi connectivity index (χ0) is 20.4. The zero-order valence-corrected chi connectivity index (χ0v) is 17.5. The molecule has 0 aromatic heterocycles. The highest BCUT2D eigenvalue weighted by Crippen LogP contribution is 2.56. The van der Waals surface area contributed by atoms with E-state index in [-0.39, 0.29) is 31.1 Å². The molecule has 0 atom stereocenters. The summed E-state index contributed by atoms with van der Waals surface area (Å²) in [5.74, 6) is -0.947. The van der Waals surface area contributed by atoms with Crippen molar-refractivity contribution >= 4 is 13.8 Å². The molecule has 2 heterocycles. The Morgan fingerprint density at radius 3 is 2.34 bits per heavy atom. The second-order valence-electron chi connectivity index (χ2n) is 7.85. The van der Waals surface area contributed by atoms with Gasteiger partial charge in [0.05, 0.1) is 38.4 Å². The highest BCUT2D eigenvalue weighted by Gasteiger charge is 2.51. The summed E-state index contributed by atoms with van der Waals surface area (Å²) in [5, 5.41) is 0. The van der Waals surface area contributed by atoms with Gasteiger partial charge in [-0.15, -0.1) is 0 Å². The van der Waals surface area contributed by atoms with Crippen LogP contribution in [0.25, 0.3) is 0 Å². The molecule has 4 rings (SSSR count). The highest BCUT2D eigenvalue weighted by atomic mass is 31.2. The Balaban J connectivity index is 1.38. The largest absolute Gasteiger partial charge is 0.530 e. The minimum absolute atomic E-state index is 0.0996. The molecule has 8 nitrogen and oxygen atoms in total. The van der Waals surface area contributed by atoms with Crippen LogP contribution in [0.1, 0.15) is 49.4 Å². The Labute approximate surface area is 170 Å². The molecule has 2 spiro atoms. The molecule has 160 valence electrons. The lowest BCUT2D eigenvalue weighted by Crippen LogP contribution is -2.55. The minimum atomic E-state index is -3.87. The van der Waals surface area contributed by atoms with E-state index in [1.807, 2.05) is 0 Å². The average Bonchev–Trinajstić information content (AvgIpc) is 2.74. The fourth-order valence-electron chi connectivity index (χ4n) is 3.81. The molecule has 9 heteroatoms. The topological polar surface area (TPSA) is 89.5 Å². The highest BCUT2D eigenvalue weighted by molar-refractivity contribution is 7.49. The van der Waals surface area contributed by atoms with E-state index in [0.717, 1.165) is 25.7 Å². The van der Waals surface area contributed by atoms with Gasteiger partial charge in [-0.2, -0.15) is 0 Å². The Morgan fingerprint density at radius 2 is 1.69 bits per heavy atom. The second kappa shape index (κ2) is 8.36. The van der Waals surface area contributed by atoms with Crippen molar-refractivity contribution in [2.75, 3.05) is 33.0 Å². The van der Waals surface area contributed by atoms with Crippen LogP contribution in [0.15, 0.2) is 24.3 Å². The number of phosphoric acid groups is 1. The molecule has 1 aliphatic carbocycles. The lowest BCUT2D eigenvalue weighted by molar-refractivity contribution is -0.324. The van der Waals surface area contributed by atoms with Gasteiger partial charge in [0.15, 0.2) is 5.79 Å². The third-order valence-corrected chi connectivity index (χ3v) is 6.86. The number of ether oxygens (including phenoxy) is 3. The summed E-state index contributed by atoms with van der Waals surface area (Å²) in [6.07, 6.45) is 5.21. The van der Waals surface area contributed by atoms with E-state index >= 15 is 0 Å². The monoisotopic (exact) mass is 426 g/mol. The van der Waals surface area contributed by atoms with Crippen molar-refractivity contribution < 1.29 is 37.1 Å². The number of phosphoric ester groups is 1. The molecule has 3 fully saturated rings. The first kappa shape index (κ1) is 20.8. The van der Waals surface area contributed by atoms with Gasteiger partial charge in [-0.1, -0.05) is 18.6 Å². The lowest BCUT2D eigenvalue weighted by Gasteiger charge is -2.48. The van der Waals surface area contributed by atoms with Crippen molar-refractivity contribution in [3.8, 4) is 5.75 Å². The summed E-state index contributed by atoms with van der Waals surface area (Å²) in [6.45, 7) is 3.03. The SMILES string of the molecule is CCOC(=O)c1ccccc1OP1(=O)OCC2(COC3(CCCCC3)OC2)CO1. The molecule has 0 radical (unpaired) electrons. The van der Waals surface area contributed by atoms with Crippen molar-refractivity contribution in [3.63, 3.8) is 0 Å². The van der Waals surface area contributed by atoms with Crippen LogP contribution in [0.5, 0.6) is 5.75 Å². The Hall–Kier alpha value is -1.44. The fraction of sp³-hybridized carbons (Fsp3) is 0.650. The summed E-state index contributed by atoms with van der Waals surface area (Å²) < 4.78 is 46.7. The van der Waals surface area contributed by atoms with Gasteiger partial charge in [0.1, 0.15) is 11.3 Å². The van der Waals surface area contributed by atoms with E-state index in [4.69, 9.17) is 27.8 Å². The molecule has 0 unspecified atom stereocenters. The van der Waals surface area contributed by atoms with Crippen molar-refractivity contribution in [2.24, 2.45) is 5.41 Å². The molecule has 1 aromatic rings. The summed E-state index contributed by atoms with van der Waals surface area (Å²) in [7, 11) is -3.87. The molecule has 0 N–H and O–H groups in total. The van der Waals surface area contributed by atoms with E-state index in [1.54, 1.807) is 19.1 Å². The molecule has 0 bridgehead atoms. The Kier molecular flexibility index (Phi) is 6.00. The first-order valence-corrected chi connectivity index (χ1v) is 11.6. The first-order chi connectivity index (χ1) is 14.0.